The molecule has 3 aromatic rings. The molecule has 0 bridgehead atoms. The molecule has 0 fully saturated rings. The highest BCUT2D eigenvalue weighted by Gasteiger charge is 2.17. The second-order valence-electron chi connectivity index (χ2n) is 8.90. The van der Waals surface area contributed by atoms with Gasteiger partial charge in [0.1, 0.15) is 23.0 Å². The SMILES string of the molecule is C=C(C)C(=O)Oc1ccc(-c2c(OC=C(C)C)cc(-c3ccc(OC)cc3)cc2OC=C(C)C)cc1. The Balaban J connectivity index is 2.16. The molecular formula is C31H32O5. The summed E-state index contributed by atoms with van der Waals surface area (Å²) in [5, 5.41) is 0. The third-order valence-corrected chi connectivity index (χ3v) is 5.03. The van der Waals surface area contributed by atoms with Gasteiger partial charge in [-0.1, -0.05) is 30.8 Å². The summed E-state index contributed by atoms with van der Waals surface area (Å²) in [7, 11) is 1.64. The molecule has 0 aromatic heterocycles. The maximum absolute atomic E-state index is 11.9. The van der Waals surface area contributed by atoms with Gasteiger partial charge in [0.15, 0.2) is 0 Å². The number of rotatable bonds is 9. The zero-order valence-electron chi connectivity index (χ0n) is 21.7. The van der Waals surface area contributed by atoms with Crippen molar-refractivity contribution in [2.24, 2.45) is 0 Å². The van der Waals surface area contributed by atoms with Crippen LogP contribution < -0.4 is 18.9 Å². The summed E-state index contributed by atoms with van der Waals surface area (Å²) in [5.41, 5.74) is 5.93. The lowest BCUT2D eigenvalue weighted by Gasteiger charge is -2.17. The Morgan fingerprint density at radius 1 is 0.694 bits per heavy atom. The van der Waals surface area contributed by atoms with Crippen LogP contribution in [0.5, 0.6) is 23.0 Å². The summed E-state index contributed by atoms with van der Waals surface area (Å²) in [6, 6.07) is 19.0. The molecule has 0 aliphatic heterocycles. The average molecular weight is 485 g/mol. The normalized spacial score (nSPS) is 10.2. The maximum Gasteiger partial charge on any atom is 0.338 e. The number of allylic oxidation sites excluding steroid dienone is 2. The lowest BCUT2D eigenvalue weighted by Crippen LogP contribution is -2.07. The van der Waals surface area contributed by atoms with Gasteiger partial charge in [0.2, 0.25) is 0 Å². The van der Waals surface area contributed by atoms with E-state index in [1.165, 1.54) is 0 Å². The lowest BCUT2D eigenvalue weighted by molar-refractivity contribution is -0.130. The quantitative estimate of drug-likeness (QED) is 0.133. The van der Waals surface area contributed by atoms with Gasteiger partial charge in [0.05, 0.1) is 25.2 Å². The minimum Gasteiger partial charge on any atom is -0.497 e. The molecule has 0 radical (unpaired) electrons. The first-order chi connectivity index (χ1) is 17.2. The molecule has 0 atom stereocenters. The van der Waals surface area contributed by atoms with E-state index in [0.29, 0.717) is 22.8 Å². The van der Waals surface area contributed by atoms with Crippen LogP contribution in [0.3, 0.4) is 0 Å². The van der Waals surface area contributed by atoms with Gasteiger partial charge in [-0.2, -0.15) is 0 Å². The molecular weight excluding hydrogens is 452 g/mol. The molecule has 5 nitrogen and oxygen atoms in total. The first-order valence-corrected chi connectivity index (χ1v) is 11.6. The van der Waals surface area contributed by atoms with Crippen LogP contribution >= 0.6 is 0 Å². The zero-order chi connectivity index (χ0) is 26.2. The van der Waals surface area contributed by atoms with Crippen LogP contribution in [0.25, 0.3) is 22.3 Å². The molecule has 0 amide bonds. The molecule has 3 aromatic carbocycles. The first-order valence-electron chi connectivity index (χ1n) is 11.6. The van der Waals surface area contributed by atoms with Gasteiger partial charge < -0.3 is 18.9 Å². The predicted molar refractivity (Wildman–Crippen MR) is 144 cm³/mol. The largest absolute Gasteiger partial charge is 0.497 e. The van der Waals surface area contributed by atoms with Crippen molar-refractivity contribution < 1.29 is 23.7 Å². The molecule has 0 spiro atoms. The molecule has 0 saturated carbocycles. The number of hydrogen-bond donors (Lipinski definition) is 0. The molecule has 0 heterocycles. The Bertz CT molecular complexity index is 1250. The highest BCUT2D eigenvalue weighted by atomic mass is 16.5. The Morgan fingerprint density at radius 2 is 1.17 bits per heavy atom. The predicted octanol–water partition coefficient (Wildman–Crippen LogP) is 8.12. The maximum atomic E-state index is 11.9. The highest BCUT2D eigenvalue weighted by molar-refractivity contribution is 5.89. The van der Waals surface area contributed by atoms with E-state index < -0.39 is 5.97 Å². The number of carbonyl (C=O) groups is 1. The van der Waals surface area contributed by atoms with Gasteiger partial charge in [-0.05, 0) is 98.9 Å². The van der Waals surface area contributed by atoms with Crippen LogP contribution in [0.2, 0.25) is 0 Å². The molecule has 0 N–H and O–H groups in total. The van der Waals surface area contributed by atoms with Crippen LogP contribution in [0.1, 0.15) is 34.6 Å². The standard InChI is InChI=1S/C31H32O5/c1-20(2)18-34-28-16-25(23-8-12-26(33-7)13-9-23)17-29(35-19-21(3)4)30(28)24-10-14-27(15-11-24)36-31(32)22(5)6/h8-19H,5H2,1-4,6-7H3. The number of methoxy groups -OCH3 is 1. The number of benzene rings is 3. The number of carbonyl (C=O) groups excluding carboxylic acids is 1. The molecule has 0 aliphatic rings. The summed E-state index contributed by atoms with van der Waals surface area (Å²) in [4.78, 5) is 11.9. The minimum atomic E-state index is -0.466. The lowest BCUT2D eigenvalue weighted by atomic mass is 9.97. The van der Waals surface area contributed by atoms with Crippen molar-refractivity contribution in [1.29, 1.82) is 0 Å². The van der Waals surface area contributed by atoms with Crippen molar-refractivity contribution in [2.75, 3.05) is 7.11 Å². The monoisotopic (exact) mass is 484 g/mol. The van der Waals surface area contributed by atoms with E-state index in [2.05, 4.69) is 6.58 Å². The van der Waals surface area contributed by atoms with Gasteiger partial charge in [-0.15, -0.1) is 0 Å². The third-order valence-electron chi connectivity index (χ3n) is 5.03. The van der Waals surface area contributed by atoms with Gasteiger partial charge in [-0.25, -0.2) is 4.79 Å². The van der Waals surface area contributed by atoms with Crippen LogP contribution in [-0.4, -0.2) is 13.1 Å². The highest BCUT2D eigenvalue weighted by Crippen LogP contribution is 2.43. The van der Waals surface area contributed by atoms with E-state index in [9.17, 15) is 4.79 Å². The van der Waals surface area contributed by atoms with Crippen molar-refractivity contribution in [3.8, 4) is 45.3 Å². The van der Waals surface area contributed by atoms with Crippen molar-refractivity contribution in [3.05, 3.63) is 96.5 Å². The van der Waals surface area contributed by atoms with Crippen LogP contribution in [0.15, 0.2) is 96.5 Å². The summed E-state index contributed by atoms with van der Waals surface area (Å²) in [5.74, 6) is 2.01. The van der Waals surface area contributed by atoms with Crippen LogP contribution in [-0.2, 0) is 4.79 Å². The fourth-order valence-electron chi connectivity index (χ4n) is 3.26. The number of ether oxygens (including phenoxy) is 4. The second-order valence-corrected chi connectivity index (χ2v) is 8.90. The van der Waals surface area contributed by atoms with Gasteiger partial charge >= 0.3 is 5.97 Å². The Labute approximate surface area is 213 Å². The van der Waals surface area contributed by atoms with Crippen molar-refractivity contribution in [2.45, 2.75) is 34.6 Å². The fraction of sp³-hybridized carbons (Fsp3) is 0.194. The molecule has 0 saturated heterocycles. The fourth-order valence-corrected chi connectivity index (χ4v) is 3.26. The Kier molecular flexibility index (Phi) is 8.74. The van der Waals surface area contributed by atoms with E-state index in [-0.39, 0.29) is 0 Å². The Hall–Kier alpha value is -4.25. The first kappa shape index (κ1) is 26.4. The van der Waals surface area contributed by atoms with E-state index in [0.717, 1.165) is 39.1 Å². The van der Waals surface area contributed by atoms with E-state index >= 15 is 0 Å². The second kappa shape index (κ2) is 11.9. The van der Waals surface area contributed by atoms with Crippen LogP contribution in [0, 0.1) is 0 Å². The number of hydrogen-bond acceptors (Lipinski definition) is 5. The van der Waals surface area contributed by atoms with Crippen LogP contribution in [0.4, 0.5) is 0 Å². The molecule has 0 aliphatic carbocycles. The Morgan fingerprint density at radius 3 is 1.61 bits per heavy atom. The van der Waals surface area contributed by atoms with Crippen molar-refractivity contribution in [3.63, 3.8) is 0 Å². The summed E-state index contributed by atoms with van der Waals surface area (Å²) < 4.78 is 23.0. The molecule has 5 heteroatoms. The summed E-state index contributed by atoms with van der Waals surface area (Å²) in [6.45, 7) is 13.1. The number of esters is 1. The summed E-state index contributed by atoms with van der Waals surface area (Å²) >= 11 is 0. The average Bonchev–Trinajstić information content (AvgIpc) is 2.86. The van der Waals surface area contributed by atoms with Gasteiger partial charge in [-0.3, -0.25) is 0 Å². The molecule has 3 rings (SSSR count). The van der Waals surface area contributed by atoms with Crippen molar-refractivity contribution >= 4 is 5.97 Å². The zero-order valence-corrected chi connectivity index (χ0v) is 21.7. The molecule has 0 unspecified atom stereocenters. The van der Waals surface area contributed by atoms with E-state index in [1.54, 1.807) is 38.7 Å². The van der Waals surface area contributed by atoms with Crippen molar-refractivity contribution in [1.82, 2.24) is 0 Å². The third kappa shape index (κ3) is 6.89. The molecule has 186 valence electrons. The topological polar surface area (TPSA) is 54.0 Å². The molecule has 36 heavy (non-hydrogen) atoms. The smallest absolute Gasteiger partial charge is 0.338 e. The van der Waals surface area contributed by atoms with E-state index in [1.807, 2.05) is 76.2 Å². The van der Waals surface area contributed by atoms with Gasteiger partial charge in [0.25, 0.3) is 0 Å². The van der Waals surface area contributed by atoms with Gasteiger partial charge in [0, 0.05) is 5.57 Å². The minimum absolute atomic E-state index is 0.336. The van der Waals surface area contributed by atoms with E-state index in [4.69, 9.17) is 18.9 Å². The summed E-state index contributed by atoms with van der Waals surface area (Å²) in [6.07, 6.45) is 3.43.